The molecule has 0 aliphatic carbocycles. The summed E-state index contributed by atoms with van der Waals surface area (Å²) in [6.07, 6.45) is -9.05. The lowest BCUT2D eigenvalue weighted by Gasteiger charge is -2.35. The number of nitriles is 1. The molecule has 1 unspecified atom stereocenters. The lowest BCUT2D eigenvalue weighted by Crippen LogP contribution is -2.42. The van der Waals surface area contributed by atoms with Gasteiger partial charge in [-0.05, 0) is 25.0 Å². The Labute approximate surface area is 122 Å². The van der Waals surface area contributed by atoms with Crippen molar-refractivity contribution in [3.8, 4) is 6.07 Å². The van der Waals surface area contributed by atoms with Crippen molar-refractivity contribution < 1.29 is 26.3 Å². The molecule has 2 heterocycles. The van der Waals surface area contributed by atoms with Crippen molar-refractivity contribution in [1.82, 2.24) is 4.98 Å². The first kappa shape index (κ1) is 16.4. The minimum atomic E-state index is -4.72. The molecule has 9 heteroatoms. The van der Waals surface area contributed by atoms with Gasteiger partial charge in [0.25, 0.3) is 0 Å². The van der Waals surface area contributed by atoms with E-state index < -0.39 is 30.5 Å². The molecule has 22 heavy (non-hydrogen) atoms. The molecule has 120 valence electrons. The summed E-state index contributed by atoms with van der Waals surface area (Å²) < 4.78 is 76.4. The van der Waals surface area contributed by atoms with Gasteiger partial charge in [-0.15, -0.1) is 0 Å². The predicted molar refractivity (Wildman–Crippen MR) is 64.9 cm³/mol. The molecule has 0 aromatic carbocycles. The Balaban J connectivity index is 2.36. The van der Waals surface area contributed by atoms with E-state index in [9.17, 15) is 26.3 Å². The lowest BCUT2D eigenvalue weighted by atomic mass is 9.97. The van der Waals surface area contributed by atoms with Crippen LogP contribution in [0.15, 0.2) is 12.1 Å². The smallest absolute Gasteiger partial charge is 0.355 e. The third-order valence-electron chi connectivity index (χ3n) is 3.47. The first-order chi connectivity index (χ1) is 10.1. The fourth-order valence-electron chi connectivity index (χ4n) is 2.37. The van der Waals surface area contributed by atoms with Crippen LogP contribution in [-0.4, -0.2) is 24.2 Å². The van der Waals surface area contributed by atoms with E-state index in [1.165, 1.54) is 0 Å². The van der Waals surface area contributed by atoms with E-state index >= 15 is 0 Å². The zero-order valence-corrected chi connectivity index (χ0v) is 11.2. The fourth-order valence-corrected chi connectivity index (χ4v) is 2.37. The van der Waals surface area contributed by atoms with E-state index in [0.29, 0.717) is 6.07 Å². The van der Waals surface area contributed by atoms with Gasteiger partial charge in [0.2, 0.25) is 0 Å². The highest BCUT2D eigenvalue weighted by Gasteiger charge is 2.42. The van der Waals surface area contributed by atoms with Gasteiger partial charge in [-0.25, -0.2) is 4.98 Å². The van der Waals surface area contributed by atoms with Crippen LogP contribution >= 0.6 is 0 Å². The SMILES string of the molecule is N#Cc1ccc(C(F)(F)F)nc1N1CCCC(C(F)(F)F)C1. The molecule has 0 bridgehead atoms. The number of piperidine rings is 1. The van der Waals surface area contributed by atoms with E-state index in [2.05, 4.69) is 4.98 Å². The maximum Gasteiger partial charge on any atom is 0.433 e. The normalized spacial score (nSPS) is 19.9. The summed E-state index contributed by atoms with van der Waals surface area (Å²) >= 11 is 0. The number of pyridine rings is 1. The van der Waals surface area contributed by atoms with Gasteiger partial charge in [0.1, 0.15) is 17.6 Å². The van der Waals surface area contributed by atoms with Crippen LogP contribution in [0.3, 0.4) is 0 Å². The van der Waals surface area contributed by atoms with E-state index in [0.717, 1.165) is 11.0 Å². The van der Waals surface area contributed by atoms with Gasteiger partial charge >= 0.3 is 12.4 Å². The summed E-state index contributed by atoms with van der Waals surface area (Å²) in [7, 11) is 0. The van der Waals surface area contributed by atoms with Crippen molar-refractivity contribution in [1.29, 1.82) is 5.26 Å². The highest BCUT2D eigenvalue weighted by atomic mass is 19.4. The van der Waals surface area contributed by atoms with Crippen LogP contribution < -0.4 is 4.90 Å². The summed E-state index contributed by atoms with van der Waals surface area (Å²) in [5.41, 5.74) is -1.40. The average molecular weight is 323 g/mol. The molecule has 0 amide bonds. The second-order valence-electron chi connectivity index (χ2n) is 5.00. The fraction of sp³-hybridized carbons (Fsp3) is 0.538. The Hall–Kier alpha value is -1.98. The number of nitrogens with zero attached hydrogens (tertiary/aromatic N) is 3. The van der Waals surface area contributed by atoms with Crippen LogP contribution in [0.2, 0.25) is 0 Å². The predicted octanol–water partition coefficient (Wildman–Crippen LogP) is 3.75. The highest BCUT2D eigenvalue weighted by Crippen LogP contribution is 2.36. The quantitative estimate of drug-likeness (QED) is 0.739. The standard InChI is InChI=1S/C13H11F6N3/c14-12(15,16)9-2-1-5-22(7-9)11-8(6-20)3-4-10(21-11)13(17,18)19/h3-4,9H,1-2,5,7H2. The number of rotatable bonds is 1. The third kappa shape index (κ3) is 3.43. The van der Waals surface area contributed by atoms with Crippen LogP contribution in [0.5, 0.6) is 0 Å². The molecule has 1 fully saturated rings. The van der Waals surface area contributed by atoms with Crippen LogP contribution in [0.25, 0.3) is 0 Å². The number of aromatic nitrogens is 1. The minimum Gasteiger partial charge on any atom is -0.355 e. The maximum absolute atomic E-state index is 12.8. The van der Waals surface area contributed by atoms with E-state index in [1.807, 2.05) is 0 Å². The van der Waals surface area contributed by atoms with Crippen molar-refractivity contribution in [2.45, 2.75) is 25.2 Å². The first-order valence-corrected chi connectivity index (χ1v) is 6.43. The summed E-state index contributed by atoms with van der Waals surface area (Å²) in [6.45, 7) is -0.359. The molecule has 0 radical (unpaired) electrons. The van der Waals surface area contributed by atoms with Crippen molar-refractivity contribution in [2.24, 2.45) is 5.92 Å². The molecule has 3 nitrogen and oxygen atoms in total. The first-order valence-electron chi connectivity index (χ1n) is 6.43. The number of alkyl halides is 6. The number of anilines is 1. The second-order valence-corrected chi connectivity index (χ2v) is 5.00. The molecule has 1 aromatic rings. The Kier molecular flexibility index (Phi) is 4.22. The lowest BCUT2D eigenvalue weighted by molar-refractivity contribution is -0.176. The molecule has 1 aromatic heterocycles. The zero-order valence-electron chi connectivity index (χ0n) is 11.2. The number of hydrogen-bond donors (Lipinski definition) is 0. The van der Waals surface area contributed by atoms with Gasteiger partial charge in [-0.2, -0.15) is 31.6 Å². The molecule has 1 aliphatic rings. The van der Waals surface area contributed by atoms with Gasteiger partial charge in [-0.1, -0.05) is 0 Å². The highest BCUT2D eigenvalue weighted by molar-refractivity contribution is 5.55. The Morgan fingerprint density at radius 2 is 1.86 bits per heavy atom. The van der Waals surface area contributed by atoms with Crippen LogP contribution in [0.4, 0.5) is 32.2 Å². The molecule has 1 atom stereocenters. The molecule has 1 saturated heterocycles. The Morgan fingerprint density at radius 3 is 2.41 bits per heavy atom. The van der Waals surface area contributed by atoms with Gasteiger partial charge in [-0.3, -0.25) is 0 Å². The Bertz CT molecular complexity index is 587. The van der Waals surface area contributed by atoms with Crippen LogP contribution in [0.1, 0.15) is 24.1 Å². The van der Waals surface area contributed by atoms with E-state index in [-0.39, 0.29) is 30.8 Å². The van der Waals surface area contributed by atoms with Crippen LogP contribution in [0, 0.1) is 17.2 Å². The van der Waals surface area contributed by atoms with Gasteiger partial charge < -0.3 is 4.90 Å². The van der Waals surface area contributed by atoms with Crippen molar-refractivity contribution in [2.75, 3.05) is 18.0 Å². The molecule has 1 aliphatic heterocycles. The molecule has 2 rings (SSSR count). The van der Waals surface area contributed by atoms with E-state index in [4.69, 9.17) is 5.26 Å². The van der Waals surface area contributed by atoms with Crippen molar-refractivity contribution in [3.05, 3.63) is 23.4 Å². The maximum atomic E-state index is 12.8. The largest absolute Gasteiger partial charge is 0.433 e. The summed E-state index contributed by atoms with van der Waals surface area (Å²) in [5, 5.41) is 8.95. The number of halogens is 6. The summed E-state index contributed by atoms with van der Waals surface area (Å²) in [5.74, 6) is -1.98. The van der Waals surface area contributed by atoms with Crippen LogP contribution in [-0.2, 0) is 6.18 Å². The van der Waals surface area contributed by atoms with Gasteiger partial charge in [0.05, 0.1) is 11.5 Å². The Morgan fingerprint density at radius 1 is 1.18 bits per heavy atom. The molecule has 0 spiro atoms. The van der Waals surface area contributed by atoms with Crippen molar-refractivity contribution >= 4 is 5.82 Å². The monoisotopic (exact) mass is 323 g/mol. The topological polar surface area (TPSA) is 39.9 Å². The van der Waals surface area contributed by atoms with Gasteiger partial charge in [0.15, 0.2) is 0 Å². The zero-order chi connectivity index (χ0) is 16.5. The minimum absolute atomic E-state index is 0.0825. The third-order valence-corrected chi connectivity index (χ3v) is 3.47. The van der Waals surface area contributed by atoms with E-state index in [1.54, 1.807) is 6.07 Å². The number of hydrogen-bond acceptors (Lipinski definition) is 3. The summed E-state index contributed by atoms with van der Waals surface area (Å²) in [6, 6.07) is 3.25. The molecule has 0 N–H and O–H groups in total. The summed E-state index contributed by atoms with van der Waals surface area (Å²) in [4.78, 5) is 4.47. The van der Waals surface area contributed by atoms with Crippen molar-refractivity contribution in [3.63, 3.8) is 0 Å². The average Bonchev–Trinajstić information content (AvgIpc) is 2.45. The van der Waals surface area contributed by atoms with Gasteiger partial charge in [0, 0.05) is 13.1 Å². The molecular weight excluding hydrogens is 312 g/mol. The molecular formula is C13H11F6N3. The second kappa shape index (κ2) is 5.66. The molecule has 0 saturated carbocycles.